The highest BCUT2D eigenvalue weighted by atomic mass is 16.7. The number of non-ortho nitro benzene ring substituents is 1. The molecule has 2 aliphatic heterocycles. The monoisotopic (exact) mass is 626 g/mol. The first-order valence-corrected chi connectivity index (χ1v) is 14.3. The van der Waals surface area contributed by atoms with E-state index in [1.807, 2.05) is 0 Å². The van der Waals surface area contributed by atoms with E-state index in [9.17, 15) is 30.2 Å². The largest absolute Gasteiger partial charge is 0.466 e. The van der Waals surface area contributed by atoms with Crippen molar-refractivity contribution in [1.82, 2.24) is 10.6 Å². The number of nitro groups is 1. The van der Waals surface area contributed by atoms with Crippen LogP contribution in [0, 0.1) is 10.1 Å². The molecule has 4 rings (SSSR count). The van der Waals surface area contributed by atoms with Crippen LogP contribution in [0.5, 0.6) is 0 Å². The summed E-state index contributed by atoms with van der Waals surface area (Å²) < 4.78 is 28.6. The second kappa shape index (κ2) is 14.4. The number of hydrogen-bond donors (Lipinski definition) is 8. The molecule has 1 saturated heterocycles. The van der Waals surface area contributed by atoms with Gasteiger partial charge in [0.1, 0.15) is 42.4 Å². The number of nitrogens with two attached hydrogens (primary N) is 3. The van der Waals surface area contributed by atoms with Crippen LogP contribution in [-0.4, -0.2) is 113 Å². The summed E-state index contributed by atoms with van der Waals surface area (Å²) in [6, 6.07) is 2.80. The fourth-order valence-electron chi connectivity index (χ4n) is 5.49. The van der Waals surface area contributed by atoms with Gasteiger partial charge in [-0.1, -0.05) is 0 Å². The molecule has 2 fully saturated rings. The van der Waals surface area contributed by atoms with Crippen molar-refractivity contribution >= 4 is 11.8 Å². The number of nitrogens with one attached hydrogen (secondary N) is 2. The topological polar surface area (TPSA) is 269 Å². The van der Waals surface area contributed by atoms with E-state index in [1.165, 1.54) is 31.2 Å². The third-order valence-electron chi connectivity index (χ3n) is 7.94. The maximum atomic E-state index is 12.2. The molecule has 0 radical (unpaired) electrons. The molecule has 3 aliphatic rings. The fourth-order valence-corrected chi connectivity index (χ4v) is 5.49. The molecule has 1 aromatic carbocycles. The van der Waals surface area contributed by atoms with Gasteiger partial charge in [-0.25, -0.2) is 4.79 Å². The number of likely N-dealkylation sites (N-methyl/N-ethyl adjacent to an activating group) is 1. The molecule has 1 aromatic rings. The minimum atomic E-state index is -1.35. The van der Waals surface area contributed by atoms with Gasteiger partial charge in [-0.05, 0) is 50.6 Å². The standard InChI is InChI=1S/C27H42N6O11/c1-27(37)12-41-25(20(35)23(27)31-2)44-22-18(30)9-17(29)21(19(22)34)43-24-16(28)8-7-15(42-24)10-32-26(36)40-11-13-3-5-14(6-4-13)33(38)39/h3-7,16-25,31,34-35,37H,8-12,28-30H2,1-2H3,(H,32,36)/t16?,17-,18+,19?,20?,21?,22-,23?,24+,25+,27-/m0/s1. The summed E-state index contributed by atoms with van der Waals surface area (Å²) in [7, 11) is 1.59. The molecule has 17 nitrogen and oxygen atoms in total. The number of ether oxygens (including phenoxy) is 5. The smallest absolute Gasteiger partial charge is 0.407 e. The van der Waals surface area contributed by atoms with E-state index in [0.717, 1.165) is 0 Å². The van der Waals surface area contributed by atoms with Crippen LogP contribution >= 0.6 is 0 Å². The molecule has 11 N–H and O–H groups in total. The van der Waals surface area contributed by atoms with E-state index in [4.69, 9.17) is 40.9 Å². The second-order valence-electron chi connectivity index (χ2n) is 11.5. The van der Waals surface area contributed by atoms with Crippen LogP contribution in [0.25, 0.3) is 0 Å². The van der Waals surface area contributed by atoms with E-state index in [2.05, 4.69) is 10.6 Å². The quantitative estimate of drug-likeness (QED) is 0.103. The number of carbonyl (C=O) groups is 1. The summed E-state index contributed by atoms with van der Waals surface area (Å²) in [6.45, 7) is 1.25. The zero-order valence-electron chi connectivity index (χ0n) is 24.5. The second-order valence-corrected chi connectivity index (χ2v) is 11.5. The lowest BCUT2D eigenvalue weighted by Gasteiger charge is -2.48. The number of rotatable bonds is 10. The van der Waals surface area contributed by atoms with Gasteiger partial charge in [0.15, 0.2) is 6.29 Å². The van der Waals surface area contributed by atoms with Crippen molar-refractivity contribution in [3.05, 3.63) is 51.8 Å². The number of carbonyl (C=O) groups excluding carboxylic acids is 1. The number of alkyl carbamates (subject to hydrolysis) is 1. The minimum Gasteiger partial charge on any atom is -0.466 e. The Labute approximate surface area is 253 Å². The van der Waals surface area contributed by atoms with Crippen LogP contribution in [0.1, 0.15) is 25.3 Å². The van der Waals surface area contributed by atoms with Crippen molar-refractivity contribution in [2.24, 2.45) is 17.2 Å². The highest BCUT2D eigenvalue weighted by molar-refractivity contribution is 5.67. The lowest BCUT2D eigenvalue weighted by Crippen LogP contribution is -2.68. The van der Waals surface area contributed by atoms with E-state index in [1.54, 1.807) is 13.1 Å². The molecular formula is C27H42N6O11. The summed E-state index contributed by atoms with van der Waals surface area (Å²) in [5.41, 5.74) is 17.9. The van der Waals surface area contributed by atoms with E-state index >= 15 is 0 Å². The molecular weight excluding hydrogens is 584 g/mol. The predicted molar refractivity (Wildman–Crippen MR) is 152 cm³/mol. The van der Waals surface area contributed by atoms with Gasteiger partial charge in [-0.2, -0.15) is 0 Å². The Bertz CT molecular complexity index is 1170. The van der Waals surface area contributed by atoms with Crippen LogP contribution < -0.4 is 27.8 Å². The van der Waals surface area contributed by atoms with Crippen LogP contribution in [0.2, 0.25) is 0 Å². The van der Waals surface area contributed by atoms with Gasteiger partial charge >= 0.3 is 6.09 Å². The molecule has 1 amide bonds. The lowest BCUT2D eigenvalue weighted by molar-refractivity contribution is -0.384. The third kappa shape index (κ3) is 7.99. The number of hydrogen-bond acceptors (Lipinski definition) is 15. The van der Waals surface area contributed by atoms with Gasteiger partial charge in [0, 0.05) is 24.2 Å². The summed E-state index contributed by atoms with van der Waals surface area (Å²) in [4.78, 5) is 22.5. The molecule has 2 heterocycles. The maximum absolute atomic E-state index is 12.2. The number of amides is 1. The Hall–Kier alpha value is -2.97. The Kier molecular flexibility index (Phi) is 11.1. The predicted octanol–water partition coefficient (Wildman–Crippen LogP) is -1.98. The zero-order valence-corrected chi connectivity index (χ0v) is 24.5. The molecule has 1 aliphatic carbocycles. The molecule has 44 heavy (non-hydrogen) atoms. The first-order chi connectivity index (χ1) is 20.8. The fraction of sp³-hybridized carbons (Fsp3) is 0.667. The number of nitrogens with zero attached hydrogens (tertiary/aromatic N) is 1. The maximum Gasteiger partial charge on any atom is 0.407 e. The first-order valence-electron chi connectivity index (χ1n) is 14.3. The average Bonchev–Trinajstić information content (AvgIpc) is 2.97. The molecule has 0 aromatic heterocycles. The highest BCUT2D eigenvalue weighted by Crippen LogP contribution is 2.31. The van der Waals surface area contributed by atoms with Crippen LogP contribution in [0.15, 0.2) is 36.1 Å². The van der Waals surface area contributed by atoms with Crippen molar-refractivity contribution in [3.8, 4) is 0 Å². The summed E-state index contributed by atoms with van der Waals surface area (Å²) in [5, 5.41) is 48.7. The van der Waals surface area contributed by atoms with Gasteiger partial charge in [-0.15, -0.1) is 0 Å². The molecule has 5 unspecified atom stereocenters. The van der Waals surface area contributed by atoms with Crippen molar-refractivity contribution < 1.29 is 48.7 Å². The van der Waals surface area contributed by atoms with Gasteiger partial charge < -0.3 is 66.8 Å². The minimum absolute atomic E-state index is 0.0468. The third-order valence-corrected chi connectivity index (χ3v) is 7.94. The van der Waals surface area contributed by atoms with Gasteiger partial charge in [0.05, 0.1) is 30.2 Å². The van der Waals surface area contributed by atoms with E-state index in [0.29, 0.717) is 17.7 Å². The summed E-state index contributed by atoms with van der Waals surface area (Å²) >= 11 is 0. The van der Waals surface area contributed by atoms with Gasteiger partial charge in [0.2, 0.25) is 6.29 Å². The van der Waals surface area contributed by atoms with Crippen LogP contribution in [-0.2, 0) is 30.3 Å². The van der Waals surface area contributed by atoms with Gasteiger partial charge in [0.25, 0.3) is 5.69 Å². The first kappa shape index (κ1) is 33.9. The zero-order chi connectivity index (χ0) is 32.2. The number of aliphatic hydroxyl groups is 3. The number of benzene rings is 1. The van der Waals surface area contributed by atoms with E-state index < -0.39 is 77.8 Å². The number of nitro benzene ring substituents is 1. The molecule has 0 bridgehead atoms. The Balaban J connectivity index is 1.30. The Morgan fingerprint density at radius 2 is 1.73 bits per heavy atom. The van der Waals surface area contributed by atoms with Crippen molar-refractivity contribution in [2.45, 2.75) is 93.1 Å². The molecule has 11 atom stereocenters. The Morgan fingerprint density at radius 1 is 1.09 bits per heavy atom. The molecule has 1 saturated carbocycles. The highest BCUT2D eigenvalue weighted by Gasteiger charge is 2.50. The molecule has 246 valence electrons. The Morgan fingerprint density at radius 3 is 2.34 bits per heavy atom. The van der Waals surface area contributed by atoms with Crippen molar-refractivity contribution in [3.63, 3.8) is 0 Å². The van der Waals surface area contributed by atoms with Crippen LogP contribution in [0.3, 0.4) is 0 Å². The average molecular weight is 627 g/mol. The van der Waals surface area contributed by atoms with Gasteiger partial charge in [-0.3, -0.25) is 10.1 Å². The number of aliphatic hydroxyl groups excluding tert-OH is 2. The normalized spacial score (nSPS) is 37.4. The molecule has 17 heteroatoms. The SMILES string of the molecule is CNC1C(O)[C@@H](O[C@@H]2C(O)C(O[C@H]3OC(CNC(=O)OCc4ccc([N+](=O)[O-])cc4)=CCC3N)[C@@H](N)C[C@H]2N)OC[C@]1(C)O. The molecule has 0 spiro atoms. The van der Waals surface area contributed by atoms with Crippen molar-refractivity contribution in [1.29, 1.82) is 0 Å². The van der Waals surface area contributed by atoms with Crippen molar-refractivity contribution in [2.75, 3.05) is 20.2 Å². The van der Waals surface area contributed by atoms with Crippen LogP contribution in [0.4, 0.5) is 10.5 Å². The summed E-state index contributed by atoms with van der Waals surface area (Å²) in [6.07, 6.45) is -5.41. The summed E-state index contributed by atoms with van der Waals surface area (Å²) in [5.74, 6) is 0.344. The van der Waals surface area contributed by atoms with E-state index in [-0.39, 0.29) is 31.9 Å². The lowest BCUT2D eigenvalue weighted by atomic mass is 9.84.